The first-order valence-corrected chi connectivity index (χ1v) is 9.42. The van der Waals surface area contributed by atoms with Crippen molar-refractivity contribution in [2.24, 2.45) is 5.14 Å². The van der Waals surface area contributed by atoms with Gasteiger partial charge in [0.25, 0.3) is 0 Å². The van der Waals surface area contributed by atoms with E-state index in [1.807, 2.05) is 42.5 Å². The molecule has 4 nitrogen and oxygen atoms in total. The number of para-hydroxylation sites is 1. The van der Waals surface area contributed by atoms with Crippen LogP contribution in [0.15, 0.2) is 58.1 Å². The minimum atomic E-state index is -3.72. The zero-order valence-corrected chi connectivity index (χ0v) is 13.7. The molecule has 0 aliphatic carbocycles. The van der Waals surface area contributed by atoms with E-state index in [0.29, 0.717) is 12.2 Å². The largest absolute Gasteiger partial charge is 0.488 e. The van der Waals surface area contributed by atoms with Crippen LogP contribution in [0.4, 0.5) is 0 Å². The number of rotatable bonds is 2. The normalized spacial score (nSPS) is 13.1. The molecule has 0 amide bonds. The molecule has 0 bridgehead atoms. The van der Waals surface area contributed by atoms with Crippen LogP contribution in [0.2, 0.25) is 0 Å². The van der Waals surface area contributed by atoms with Crippen molar-refractivity contribution in [2.75, 3.05) is 0 Å². The Morgan fingerprint density at radius 2 is 1.83 bits per heavy atom. The summed E-state index contributed by atoms with van der Waals surface area (Å²) in [5, 5.41) is 7.03. The number of primary sulfonamides is 1. The highest BCUT2D eigenvalue weighted by Gasteiger charge is 2.20. The van der Waals surface area contributed by atoms with Crippen LogP contribution in [0, 0.1) is 0 Å². The molecular weight excluding hydrogens is 330 g/mol. The Hall–Kier alpha value is -2.15. The van der Waals surface area contributed by atoms with Gasteiger partial charge in [0, 0.05) is 11.1 Å². The van der Waals surface area contributed by atoms with Gasteiger partial charge in [-0.15, -0.1) is 11.3 Å². The van der Waals surface area contributed by atoms with Crippen LogP contribution in [-0.4, -0.2) is 8.42 Å². The van der Waals surface area contributed by atoms with Gasteiger partial charge in [-0.3, -0.25) is 0 Å². The van der Waals surface area contributed by atoms with Crippen LogP contribution >= 0.6 is 11.3 Å². The average Bonchev–Trinajstić information content (AvgIpc) is 3.04. The van der Waals surface area contributed by atoms with Crippen LogP contribution in [0.5, 0.6) is 5.75 Å². The SMILES string of the molecule is NS(=O)(=O)c1sccc1-c1ccc2c(c1)COc1ccccc1-2. The van der Waals surface area contributed by atoms with E-state index in [4.69, 9.17) is 9.88 Å². The molecule has 0 fully saturated rings. The van der Waals surface area contributed by atoms with Gasteiger partial charge in [-0.25, -0.2) is 13.6 Å². The molecule has 0 radical (unpaired) electrons. The minimum Gasteiger partial charge on any atom is -0.488 e. The summed E-state index contributed by atoms with van der Waals surface area (Å²) >= 11 is 1.13. The molecule has 6 heteroatoms. The smallest absolute Gasteiger partial charge is 0.248 e. The highest BCUT2D eigenvalue weighted by atomic mass is 32.2. The second-order valence-electron chi connectivity index (χ2n) is 5.32. The molecule has 3 aromatic rings. The van der Waals surface area contributed by atoms with E-state index in [9.17, 15) is 8.42 Å². The van der Waals surface area contributed by atoms with Gasteiger partial charge in [-0.05, 0) is 40.3 Å². The van der Waals surface area contributed by atoms with Crippen molar-refractivity contribution >= 4 is 21.4 Å². The topological polar surface area (TPSA) is 69.4 Å². The summed E-state index contributed by atoms with van der Waals surface area (Å²) in [5.41, 5.74) is 4.67. The molecular formula is C17H13NO3S2. The van der Waals surface area contributed by atoms with Gasteiger partial charge in [0.1, 0.15) is 16.6 Å². The molecule has 0 saturated carbocycles. The number of sulfonamides is 1. The molecule has 2 aromatic carbocycles. The number of nitrogens with two attached hydrogens (primary N) is 1. The Morgan fingerprint density at radius 1 is 1.00 bits per heavy atom. The van der Waals surface area contributed by atoms with Crippen LogP contribution in [0.3, 0.4) is 0 Å². The van der Waals surface area contributed by atoms with E-state index in [0.717, 1.165) is 39.3 Å². The number of benzene rings is 2. The predicted molar refractivity (Wildman–Crippen MR) is 90.9 cm³/mol. The zero-order valence-electron chi connectivity index (χ0n) is 12.0. The van der Waals surface area contributed by atoms with Gasteiger partial charge in [0.2, 0.25) is 10.0 Å². The first kappa shape index (κ1) is 14.4. The van der Waals surface area contributed by atoms with Crippen molar-refractivity contribution in [1.29, 1.82) is 0 Å². The van der Waals surface area contributed by atoms with Gasteiger partial charge >= 0.3 is 0 Å². The Labute approximate surface area is 138 Å². The second-order valence-corrected chi connectivity index (χ2v) is 8.00. The molecule has 4 rings (SSSR count). The monoisotopic (exact) mass is 343 g/mol. The third kappa shape index (κ3) is 2.45. The highest BCUT2D eigenvalue weighted by Crippen LogP contribution is 2.40. The van der Waals surface area contributed by atoms with Gasteiger partial charge in [0.05, 0.1) is 0 Å². The molecule has 0 saturated heterocycles. The van der Waals surface area contributed by atoms with E-state index in [2.05, 4.69) is 0 Å². The summed E-state index contributed by atoms with van der Waals surface area (Å²) in [6, 6.07) is 15.6. The Morgan fingerprint density at radius 3 is 2.65 bits per heavy atom. The fraction of sp³-hybridized carbons (Fsp3) is 0.0588. The molecule has 1 aliphatic rings. The minimum absolute atomic E-state index is 0.189. The average molecular weight is 343 g/mol. The third-order valence-corrected chi connectivity index (χ3v) is 6.29. The maximum absolute atomic E-state index is 11.7. The number of ether oxygens (including phenoxy) is 1. The summed E-state index contributed by atoms with van der Waals surface area (Å²) in [6.07, 6.45) is 0. The lowest BCUT2D eigenvalue weighted by molar-refractivity contribution is 0.302. The first-order chi connectivity index (χ1) is 11.0. The lowest BCUT2D eigenvalue weighted by Gasteiger charge is -2.21. The quantitative estimate of drug-likeness (QED) is 0.772. The van der Waals surface area contributed by atoms with Crippen molar-refractivity contribution in [1.82, 2.24) is 0 Å². The van der Waals surface area contributed by atoms with E-state index >= 15 is 0 Å². The van der Waals surface area contributed by atoms with Crippen LogP contribution in [0.25, 0.3) is 22.3 Å². The Kier molecular flexibility index (Phi) is 3.26. The fourth-order valence-corrected chi connectivity index (χ4v) is 4.68. The van der Waals surface area contributed by atoms with Crippen molar-refractivity contribution in [2.45, 2.75) is 10.8 Å². The summed E-state index contributed by atoms with van der Waals surface area (Å²) in [6.45, 7) is 0.467. The van der Waals surface area contributed by atoms with Crippen molar-refractivity contribution in [3.05, 3.63) is 59.5 Å². The molecule has 2 N–H and O–H groups in total. The number of fused-ring (bicyclic) bond motifs is 3. The Bertz CT molecular complexity index is 1010. The summed E-state index contributed by atoms with van der Waals surface area (Å²) in [4.78, 5) is 0. The highest BCUT2D eigenvalue weighted by molar-refractivity contribution is 7.91. The van der Waals surface area contributed by atoms with E-state index in [-0.39, 0.29) is 4.21 Å². The summed E-state index contributed by atoms with van der Waals surface area (Å²) < 4.78 is 29.4. The second kappa shape index (κ2) is 5.19. The lowest BCUT2D eigenvalue weighted by atomic mass is 9.94. The van der Waals surface area contributed by atoms with E-state index in [1.165, 1.54) is 0 Å². The maximum Gasteiger partial charge on any atom is 0.248 e. The van der Waals surface area contributed by atoms with E-state index < -0.39 is 10.0 Å². The van der Waals surface area contributed by atoms with Gasteiger partial charge in [-0.2, -0.15) is 0 Å². The molecule has 1 aromatic heterocycles. The predicted octanol–water partition coefficient (Wildman–Crippen LogP) is 3.62. The zero-order chi connectivity index (χ0) is 16.0. The van der Waals surface area contributed by atoms with Gasteiger partial charge < -0.3 is 4.74 Å². The molecule has 1 aliphatic heterocycles. The Balaban J connectivity index is 1.86. The lowest BCUT2D eigenvalue weighted by Crippen LogP contribution is -2.11. The van der Waals surface area contributed by atoms with Gasteiger partial charge in [0.15, 0.2) is 0 Å². The number of hydrogen-bond acceptors (Lipinski definition) is 4. The van der Waals surface area contributed by atoms with E-state index in [1.54, 1.807) is 11.4 Å². The van der Waals surface area contributed by atoms with Crippen molar-refractivity contribution < 1.29 is 13.2 Å². The summed E-state index contributed by atoms with van der Waals surface area (Å²) in [7, 11) is -3.72. The van der Waals surface area contributed by atoms with Crippen LogP contribution in [-0.2, 0) is 16.6 Å². The molecule has 0 spiro atoms. The van der Waals surface area contributed by atoms with Gasteiger partial charge in [-0.1, -0.05) is 30.3 Å². The molecule has 116 valence electrons. The molecule has 23 heavy (non-hydrogen) atoms. The number of thiophene rings is 1. The molecule has 0 atom stereocenters. The maximum atomic E-state index is 11.7. The molecule has 2 heterocycles. The standard InChI is InChI=1S/C17H13NO3S2/c18-23(19,20)17-14(7-8-22-17)11-5-6-13-12(9-11)10-21-16-4-2-1-3-15(13)16/h1-9H,10H2,(H2,18,19,20). The summed E-state index contributed by atoms with van der Waals surface area (Å²) in [5.74, 6) is 0.869. The van der Waals surface area contributed by atoms with Crippen molar-refractivity contribution in [3.8, 4) is 28.0 Å². The van der Waals surface area contributed by atoms with Crippen LogP contribution < -0.4 is 9.88 Å². The van der Waals surface area contributed by atoms with Crippen LogP contribution in [0.1, 0.15) is 5.56 Å². The molecule has 0 unspecified atom stereocenters. The fourth-order valence-electron chi connectivity index (χ4n) is 2.84. The third-order valence-electron chi connectivity index (χ3n) is 3.86. The van der Waals surface area contributed by atoms with Crippen molar-refractivity contribution in [3.63, 3.8) is 0 Å². The number of hydrogen-bond donors (Lipinski definition) is 1. The first-order valence-electron chi connectivity index (χ1n) is 7.00.